The van der Waals surface area contributed by atoms with Crippen LogP contribution in [0.15, 0.2) is 33.9 Å². The third-order valence-electron chi connectivity index (χ3n) is 3.40. The van der Waals surface area contributed by atoms with Crippen LogP contribution in [0.25, 0.3) is 11.5 Å². The van der Waals surface area contributed by atoms with Crippen molar-refractivity contribution in [1.82, 2.24) is 15.5 Å². The standard InChI is InChI=1S/C17H23N3O2S/c1-6-18-14(21)11(2)23-16-20-19-15(22-16)12-7-9-13(10-8-12)17(3,4)5/h7-11H,6H2,1-5H3,(H,18,21)/t11-/m1/s1. The van der Waals surface area contributed by atoms with Gasteiger partial charge in [0, 0.05) is 12.1 Å². The van der Waals surface area contributed by atoms with Crippen LogP contribution in [-0.2, 0) is 10.2 Å². The van der Waals surface area contributed by atoms with Crippen LogP contribution in [0.3, 0.4) is 0 Å². The molecule has 0 aliphatic carbocycles. The average molecular weight is 333 g/mol. The second kappa shape index (κ2) is 7.17. The molecule has 1 aromatic carbocycles. The molecule has 0 radical (unpaired) electrons. The fourth-order valence-corrected chi connectivity index (χ4v) is 2.72. The van der Waals surface area contributed by atoms with E-state index in [-0.39, 0.29) is 16.6 Å². The SMILES string of the molecule is CCNC(=O)[C@@H](C)Sc1nnc(-c2ccc(C(C)(C)C)cc2)o1. The monoisotopic (exact) mass is 333 g/mol. The number of carbonyl (C=O) groups is 1. The van der Waals surface area contributed by atoms with Gasteiger partial charge in [0.25, 0.3) is 5.22 Å². The largest absolute Gasteiger partial charge is 0.411 e. The Morgan fingerprint density at radius 1 is 1.26 bits per heavy atom. The van der Waals surface area contributed by atoms with Gasteiger partial charge < -0.3 is 9.73 Å². The number of nitrogens with one attached hydrogen (secondary N) is 1. The van der Waals surface area contributed by atoms with Gasteiger partial charge in [-0.1, -0.05) is 44.7 Å². The van der Waals surface area contributed by atoms with E-state index in [1.807, 2.05) is 26.0 Å². The summed E-state index contributed by atoms with van der Waals surface area (Å²) in [7, 11) is 0. The Labute approximate surface area is 141 Å². The van der Waals surface area contributed by atoms with Gasteiger partial charge in [-0.05, 0) is 37.0 Å². The Morgan fingerprint density at radius 2 is 1.91 bits per heavy atom. The van der Waals surface area contributed by atoms with Gasteiger partial charge in [0.1, 0.15) is 0 Å². The predicted molar refractivity (Wildman–Crippen MR) is 92.4 cm³/mol. The zero-order valence-electron chi connectivity index (χ0n) is 14.2. The van der Waals surface area contributed by atoms with Crippen molar-refractivity contribution in [3.8, 4) is 11.5 Å². The van der Waals surface area contributed by atoms with Gasteiger partial charge in [-0.25, -0.2) is 0 Å². The summed E-state index contributed by atoms with van der Waals surface area (Å²) in [5, 5.41) is 11.0. The number of nitrogens with zero attached hydrogens (tertiary/aromatic N) is 2. The van der Waals surface area contributed by atoms with Crippen LogP contribution in [-0.4, -0.2) is 27.9 Å². The van der Waals surface area contributed by atoms with E-state index in [1.54, 1.807) is 0 Å². The lowest BCUT2D eigenvalue weighted by atomic mass is 9.87. The van der Waals surface area contributed by atoms with Gasteiger partial charge in [0.15, 0.2) is 0 Å². The minimum atomic E-state index is -0.272. The minimum absolute atomic E-state index is 0.0354. The predicted octanol–water partition coefficient (Wildman–Crippen LogP) is 3.65. The number of hydrogen-bond donors (Lipinski definition) is 1. The molecule has 1 N–H and O–H groups in total. The fraction of sp³-hybridized carbons (Fsp3) is 0.471. The van der Waals surface area contributed by atoms with E-state index in [9.17, 15) is 4.79 Å². The lowest BCUT2D eigenvalue weighted by Gasteiger charge is -2.18. The molecule has 2 aromatic rings. The second-order valence-corrected chi connectivity index (χ2v) is 7.65. The highest BCUT2D eigenvalue weighted by Gasteiger charge is 2.18. The van der Waals surface area contributed by atoms with Gasteiger partial charge in [-0.3, -0.25) is 4.79 Å². The van der Waals surface area contributed by atoms with Crippen LogP contribution in [0, 0.1) is 0 Å². The summed E-state index contributed by atoms with van der Waals surface area (Å²) >= 11 is 1.26. The van der Waals surface area contributed by atoms with Gasteiger partial charge >= 0.3 is 0 Å². The highest BCUT2D eigenvalue weighted by Crippen LogP contribution is 2.28. The molecule has 0 bridgehead atoms. The Hall–Kier alpha value is -1.82. The minimum Gasteiger partial charge on any atom is -0.411 e. The quantitative estimate of drug-likeness (QED) is 0.846. The Bertz CT molecular complexity index is 659. The van der Waals surface area contributed by atoms with E-state index < -0.39 is 0 Å². The molecule has 1 aromatic heterocycles. The second-order valence-electron chi connectivity index (χ2n) is 6.36. The van der Waals surface area contributed by atoms with Crippen LogP contribution in [0.5, 0.6) is 0 Å². The topological polar surface area (TPSA) is 68.0 Å². The summed E-state index contributed by atoms with van der Waals surface area (Å²) in [5.74, 6) is 0.433. The van der Waals surface area contributed by atoms with Crippen LogP contribution >= 0.6 is 11.8 Å². The molecule has 0 fully saturated rings. The number of benzene rings is 1. The van der Waals surface area contributed by atoms with Gasteiger partial charge in [-0.15, -0.1) is 10.2 Å². The number of thioether (sulfide) groups is 1. The maximum absolute atomic E-state index is 11.7. The molecule has 0 saturated carbocycles. The van der Waals surface area contributed by atoms with Crippen LogP contribution < -0.4 is 5.32 Å². The highest BCUT2D eigenvalue weighted by molar-refractivity contribution is 8.00. The summed E-state index contributed by atoms with van der Waals surface area (Å²) in [6, 6.07) is 8.11. The van der Waals surface area contributed by atoms with Crippen molar-refractivity contribution < 1.29 is 9.21 Å². The van der Waals surface area contributed by atoms with Crippen molar-refractivity contribution >= 4 is 17.7 Å². The number of rotatable bonds is 5. The molecule has 1 atom stereocenters. The van der Waals surface area contributed by atoms with Gasteiger partial charge in [0.2, 0.25) is 11.8 Å². The van der Waals surface area contributed by atoms with Crippen LogP contribution in [0.1, 0.15) is 40.2 Å². The van der Waals surface area contributed by atoms with E-state index in [4.69, 9.17) is 4.42 Å². The molecule has 6 heteroatoms. The van der Waals surface area contributed by atoms with Crippen molar-refractivity contribution in [2.24, 2.45) is 0 Å². The van der Waals surface area contributed by atoms with Crippen LogP contribution in [0.4, 0.5) is 0 Å². The number of carbonyl (C=O) groups excluding carboxylic acids is 1. The molecular weight excluding hydrogens is 310 g/mol. The number of amides is 1. The third-order valence-corrected chi connectivity index (χ3v) is 4.34. The fourth-order valence-electron chi connectivity index (χ4n) is 2.01. The molecule has 2 rings (SSSR count). The van der Waals surface area contributed by atoms with Crippen molar-refractivity contribution in [3.63, 3.8) is 0 Å². The summed E-state index contributed by atoms with van der Waals surface area (Å²) in [4.78, 5) is 11.7. The molecule has 0 saturated heterocycles. The molecule has 124 valence electrons. The van der Waals surface area contributed by atoms with Crippen molar-refractivity contribution in [2.75, 3.05) is 6.54 Å². The number of aromatic nitrogens is 2. The van der Waals surface area contributed by atoms with E-state index in [0.29, 0.717) is 17.7 Å². The van der Waals surface area contributed by atoms with Crippen LogP contribution in [0.2, 0.25) is 0 Å². The summed E-state index contributed by atoms with van der Waals surface area (Å²) in [5.41, 5.74) is 2.24. The maximum atomic E-state index is 11.7. The first-order valence-corrected chi connectivity index (χ1v) is 8.58. The van der Waals surface area contributed by atoms with E-state index >= 15 is 0 Å². The summed E-state index contributed by atoms with van der Waals surface area (Å²) < 4.78 is 5.65. The molecule has 5 nitrogen and oxygen atoms in total. The van der Waals surface area contributed by atoms with E-state index in [0.717, 1.165) is 5.56 Å². The zero-order chi connectivity index (χ0) is 17.0. The lowest BCUT2D eigenvalue weighted by Crippen LogP contribution is -2.30. The molecule has 23 heavy (non-hydrogen) atoms. The normalized spacial score (nSPS) is 12.9. The summed E-state index contributed by atoms with van der Waals surface area (Å²) in [6.07, 6.45) is 0. The maximum Gasteiger partial charge on any atom is 0.277 e. The molecule has 0 aliphatic heterocycles. The first kappa shape index (κ1) is 17.5. The van der Waals surface area contributed by atoms with Gasteiger partial charge in [-0.2, -0.15) is 0 Å². The molecule has 0 spiro atoms. The van der Waals surface area contributed by atoms with E-state index in [2.05, 4.69) is 48.4 Å². The van der Waals surface area contributed by atoms with Crippen molar-refractivity contribution in [1.29, 1.82) is 0 Å². The first-order valence-electron chi connectivity index (χ1n) is 7.70. The zero-order valence-corrected chi connectivity index (χ0v) is 15.0. The first-order chi connectivity index (χ1) is 10.8. The molecule has 0 aliphatic rings. The summed E-state index contributed by atoms with van der Waals surface area (Å²) in [6.45, 7) is 10.8. The van der Waals surface area contributed by atoms with Crippen molar-refractivity contribution in [2.45, 2.75) is 50.5 Å². The average Bonchev–Trinajstić information content (AvgIpc) is 2.95. The van der Waals surface area contributed by atoms with E-state index in [1.165, 1.54) is 17.3 Å². The third kappa shape index (κ3) is 4.58. The van der Waals surface area contributed by atoms with Crippen molar-refractivity contribution in [3.05, 3.63) is 29.8 Å². The molecule has 1 amide bonds. The molecule has 0 unspecified atom stereocenters. The highest BCUT2D eigenvalue weighted by atomic mass is 32.2. The molecule has 1 heterocycles. The lowest BCUT2D eigenvalue weighted by molar-refractivity contribution is -0.120. The Morgan fingerprint density at radius 3 is 2.48 bits per heavy atom. The Balaban J connectivity index is 2.08. The van der Waals surface area contributed by atoms with Gasteiger partial charge in [0.05, 0.1) is 5.25 Å². The number of hydrogen-bond acceptors (Lipinski definition) is 5. The Kier molecular flexibility index (Phi) is 5.46. The smallest absolute Gasteiger partial charge is 0.277 e. The molecular formula is C17H23N3O2S.